The molecule has 0 radical (unpaired) electrons. The van der Waals surface area contributed by atoms with Crippen LogP contribution in [0.25, 0.3) is 22.0 Å². The molecular formula is C51H57ClN8O7S. The van der Waals surface area contributed by atoms with Crippen LogP contribution in [0.4, 0.5) is 11.6 Å². The third-order valence-corrected chi connectivity index (χ3v) is 14.2. The third kappa shape index (κ3) is 10.4. The van der Waals surface area contributed by atoms with Crippen molar-refractivity contribution in [2.24, 2.45) is 23.8 Å². The SMILES string of the molecule is Cn1cc(-c2cc(NS(C)(=O)=O)ccc2Oc2cccc(OCCCCCC3CCN(c4ncc(C(=O)NC5C(C)(C)C(Oc6ccc(C#N)c(Cl)c6)C5(C)C)cn4)CC3)c2)c2cc[nH]c2c1=O. The third-order valence-electron chi connectivity index (χ3n) is 13.3. The zero-order chi connectivity index (χ0) is 48.4. The van der Waals surface area contributed by atoms with Crippen LogP contribution in [0.15, 0.2) is 96.3 Å². The number of pyridine rings is 1. The minimum absolute atomic E-state index is 0.175. The number of anilines is 2. The van der Waals surface area contributed by atoms with E-state index in [0.29, 0.717) is 85.3 Å². The van der Waals surface area contributed by atoms with Gasteiger partial charge in [0, 0.05) is 96.1 Å². The van der Waals surface area contributed by atoms with Gasteiger partial charge in [-0.25, -0.2) is 18.4 Å². The Morgan fingerprint density at radius 1 is 0.941 bits per heavy atom. The molecule has 3 aromatic carbocycles. The minimum Gasteiger partial charge on any atom is -0.493 e. The first-order chi connectivity index (χ1) is 32.4. The van der Waals surface area contributed by atoms with E-state index in [2.05, 4.69) is 63.7 Å². The zero-order valence-corrected chi connectivity index (χ0v) is 40.7. The Morgan fingerprint density at radius 2 is 1.68 bits per heavy atom. The van der Waals surface area contributed by atoms with Crippen molar-refractivity contribution in [2.75, 3.05) is 35.6 Å². The van der Waals surface area contributed by atoms with Crippen LogP contribution in [0.3, 0.4) is 0 Å². The summed E-state index contributed by atoms with van der Waals surface area (Å²) in [6.07, 6.45) is 13.8. The molecule has 4 heterocycles. The van der Waals surface area contributed by atoms with E-state index in [1.165, 1.54) is 4.57 Å². The number of carbonyl (C=O) groups excluding carboxylic acids is 1. The molecule has 1 amide bonds. The van der Waals surface area contributed by atoms with Crippen LogP contribution in [0.2, 0.25) is 5.02 Å². The van der Waals surface area contributed by atoms with Crippen LogP contribution in [0.5, 0.6) is 23.0 Å². The first-order valence-corrected chi connectivity index (χ1v) is 25.1. The molecule has 1 aliphatic carbocycles. The summed E-state index contributed by atoms with van der Waals surface area (Å²) >= 11 is 6.25. The lowest BCUT2D eigenvalue weighted by Gasteiger charge is -2.63. The minimum atomic E-state index is -3.54. The van der Waals surface area contributed by atoms with Gasteiger partial charge in [0.2, 0.25) is 16.0 Å². The van der Waals surface area contributed by atoms with Gasteiger partial charge >= 0.3 is 0 Å². The van der Waals surface area contributed by atoms with Gasteiger partial charge < -0.3 is 34.0 Å². The smallest absolute Gasteiger partial charge is 0.274 e. The van der Waals surface area contributed by atoms with Gasteiger partial charge in [-0.3, -0.25) is 14.3 Å². The highest BCUT2D eigenvalue weighted by Gasteiger charge is 2.64. The first kappa shape index (κ1) is 47.9. The van der Waals surface area contributed by atoms with Gasteiger partial charge in [0.1, 0.15) is 40.7 Å². The Kier molecular flexibility index (Phi) is 13.8. The molecule has 3 N–H and O–H groups in total. The van der Waals surface area contributed by atoms with Crippen LogP contribution in [0.1, 0.15) is 82.1 Å². The fraction of sp³-hybridized carbons (Fsp3) is 0.392. The second kappa shape index (κ2) is 19.6. The number of rotatable bonds is 17. The van der Waals surface area contributed by atoms with Crippen molar-refractivity contribution in [3.8, 4) is 40.2 Å². The summed E-state index contributed by atoms with van der Waals surface area (Å²) in [6, 6.07) is 21.2. The molecule has 1 saturated carbocycles. The van der Waals surface area contributed by atoms with Gasteiger partial charge in [-0.2, -0.15) is 5.26 Å². The topological polar surface area (TPSA) is 194 Å². The summed E-state index contributed by atoms with van der Waals surface area (Å²) in [6.45, 7) is 10.6. The van der Waals surface area contributed by atoms with E-state index in [4.69, 9.17) is 25.8 Å². The van der Waals surface area contributed by atoms with Crippen molar-refractivity contribution in [1.29, 1.82) is 5.26 Å². The molecule has 0 atom stereocenters. The highest BCUT2D eigenvalue weighted by Crippen LogP contribution is 2.55. The number of H-pyrrole nitrogens is 1. The maximum Gasteiger partial charge on any atom is 0.274 e. The summed E-state index contributed by atoms with van der Waals surface area (Å²) < 4.78 is 47.1. The Labute approximate surface area is 401 Å². The molecule has 3 aromatic heterocycles. The van der Waals surface area contributed by atoms with Crippen LogP contribution < -0.4 is 34.7 Å². The molecule has 68 heavy (non-hydrogen) atoms. The van der Waals surface area contributed by atoms with E-state index >= 15 is 0 Å². The molecule has 0 bridgehead atoms. The number of aryl methyl sites for hydroxylation is 1. The average Bonchev–Trinajstić information content (AvgIpc) is 3.81. The second-order valence-corrected chi connectivity index (χ2v) is 21.2. The molecule has 8 rings (SSSR count). The van der Waals surface area contributed by atoms with Gasteiger partial charge in [-0.15, -0.1) is 0 Å². The number of carbonyl (C=O) groups is 1. The fourth-order valence-corrected chi connectivity index (χ4v) is 10.8. The highest BCUT2D eigenvalue weighted by atomic mass is 35.5. The number of nitrogens with one attached hydrogen (secondary N) is 3. The molecule has 6 aromatic rings. The van der Waals surface area contributed by atoms with Crippen LogP contribution in [-0.4, -0.2) is 71.9 Å². The lowest BCUT2D eigenvalue weighted by molar-refractivity contribution is -0.164. The Hall–Kier alpha value is -6.57. The molecule has 356 valence electrons. The van der Waals surface area contributed by atoms with E-state index in [0.717, 1.165) is 57.9 Å². The molecule has 17 heteroatoms. The van der Waals surface area contributed by atoms with Crippen molar-refractivity contribution in [3.63, 3.8) is 0 Å². The maximum absolute atomic E-state index is 13.4. The number of piperidine rings is 1. The molecule has 1 aliphatic heterocycles. The lowest BCUT2D eigenvalue weighted by Crippen LogP contribution is -2.74. The van der Waals surface area contributed by atoms with Gasteiger partial charge in [0.05, 0.1) is 29.0 Å². The maximum atomic E-state index is 13.4. The number of hydrogen-bond acceptors (Lipinski definition) is 11. The van der Waals surface area contributed by atoms with Gasteiger partial charge in [-0.05, 0) is 73.7 Å². The molecular weight excluding hydrogens is 904 g/mol. The predicted octanol–water partition coefficient (Wildman–Crippen LogP) is 9.48. The van der Waals surface area contributed by atoms with Gasteiger partial charge in [-0.1, -0.05) is 64.6 Å². The van der Waals surface area contributed by atoms with E-state index in [9.17, 15) is 23.3 Å². The Morgan fingerprint density at radius 3 is 2.38 bits per heavy atom. The van der Waals surface area contributed by atoms with E-state index in [1.54, 1.807) is 68.2 Å². The highest BCUT2D eigenvalue weighted by molar-refractivity contribution is 7.92. The summed E-state index contributed by atoms with van der Waals surface area (Å²) in [4.78, 5) is 40.7. The molecule has 2 fully saturated rings. The molecule has 15 nitrogen and oxygen atoms in total. The Bertz CT molecular complexity index is 3010. The molecule has 1 saturated heterocycles. The predicted molar refractivity (Wildman–Crippen MR) is 264 cm³/mol. The number of sulfonamides is 1. The monoisotopic (exact) mass is 960 g/mol. The standard InChI is InChI=1S/C51H57ClN8O7S/c1-50(2)47(51(3,4)48(50)67-38-16-14-33(28-53)42(52)27-38)57-45(61)34-29-55-49(56-30-34)60-22-19-32(20-23-60)11-8-7-9-24-65-36-12-10-13-37(26-36)66-43-17-15-35(58-68(6,63)64)25-40(43)41-31-59(5)46(62)44-39(41)18-21-54-44/h10,12-18,21,25-27,29-32,47-48,54,58H,7-9,11,19-20,22-24H2,1-6H3,(H,57,61). The van der Waals surface area contributed by atoms with Crippen molar-refractivity contribution in [1.82, 2.24) is 24.8 Å². The summed E-state index contributed by atoms with van der Waals surface area (Å²) in [5.74, 6) is 3.31. The largest absolute Gasteiger partial charge is 0.493 e. The number of amides is 1. The number of unbranched alkanes of at least 4 members (excludes halogenated alkanes) is 2. The number of aromatic amines is 1. The fourth-order valence-electron chi connectivity index (χ4n) is 10.1. The molecule has 0 unspecified atom stereocenters. The van der Waals surface area contributed by atoms with Gasteiger partial charge in [0.15, 0.2) is 0 Å². The van der Waals surface area contributed by atoms with Crippen LogP contribution in [0, 0.1) is 28.1 Å². The lowest BCUT2D eigenvalue weighted by atomic mass is 9.49. The number of hydrogen-bond donors (Lipinski definition) is 3. The summed E-state index contributed by atoms with van der Waals surface area (Å²) in [5.41, 5.74) is 1.95. The number of halogens is 1. The number of ether oxygens (including phenoxy) is 3. The average molecular weight is 962 g/mol. The van der Waals surface area contributed by atoms with E-state index in [1.807, 2.05) is 30.3 Å². The van der Waals surface area contributed by atoms with Crippen LogP contribution in [-0.2, 0) is 17.1 Å². The number of nitrogens with zero attached hydrogens (tertiary/aromatic N) is 5. The number of benzene rings is 3. The number of fused-ring (bicyclic) bond motifs is 1. The summed E-state index contributed by atoms with van der Waals surface area (Å²) in [5, 5.41) is 13.5. The van der Waals surface area contributed by atoms with E-state index in [-0.39, 0.29) is 34.4 Å². The molecule has 0 spiro atoms. The number of aromatic nitrogens is 4. The second-order valence-electron chi connectivity index (χ2n) is 19.1. The van der Waals surface area contributed by atoms with Crippen molar-refractivity contribution < 1.29 is 27.4 Å². The number of nitriles is 1. The molecule has 2 aliphatic rings. The first-order valence-electron chi connectivity index (χ1n) is 22.8. The summed E-state index contributed by atoms with van der Waals surface area (Å²) in [7, 11) is -1.87. The normalized spacial score (nSPS) is 17.8. The van der Waals surface area contributed by atoms with Crippen molar-refractivity contribution >= 4 is 50.1 Å². The quantitative estimate of drug-likeness (QED) is 0.0738. The Balaban J connectivity index is 0.773. The van der Waals surface area contributed by atoms with E-state index < -0.39 is 10.0 Å². The van der Waals surface area contributed by atoms with Gasteiger partial charge in [0.25, 0.3) is 11.5 Å². The van der Waals surface area contributed by atoms with Crippen molar-refractivity contribution in [3.05, 3.63) is 118 Å². The zero-order valence-electron chi connectivity index (χ0n) is 39.1. The van der Waals surface area contributed by atoms with Crippen molar-refractivity contribution in [2.45, 2.75) is 78.4 Å². The van der Waals surface area contributed by atoms with Crippen LogP contribution >= 0.6 is 11.6 Å².